The van der Waals surface area contributed by atoms with Gasteiger partial charge in [0.1, 0.15) is 0 Å². The first-order chi connectivity index (χ1) is 10.7. The molecule has 0 saturated carbocycles. The maximum absolute atomic E-state index is 11.0. The largest absolute Gasteiger partial charge is 0.391 e. The Hall–Kier alpha value is -1.37. The SMILES string of the molecule is CCCC[C@@H]1[C@@H](c2ccccc2)[C@H](O)[C@H]2C[C@H](C#N)[C@@H]1N2C. The van der Waals surface area contributed by atoms with Crippen LogP contribution in [0.15, 0.2) is 30.3 Å². The van der Waals surface area contributed by atoms with Gasteiger partial charge in [-0.05, 0) is 31.4 Å². The number of piperidine rings is 1. The Morgan fingerprint density at radius 3 is 2.68 bits per heavy atom. The Morgan fingerprint density at radius 2 is 2.05 bits per heavy atom. The van der Waals surface area contributed by atoms with Crippen LogP contribution >= 0.6 is 0 Å². The third-order valence-corrected chi connectivity index (χ3v) is 5.80. The molecule has 2 aliphatic rings. The summed E-state index contributed by atoms with van der Waals surface area (Å²) in [6.45, 7) is 2.21. The molecule has 3 rings (SSSR count). The summed E-state index contributed by atoms with van der Waals surface area (Å²) in [5.74, 6) is 0.586. The van der Waals surface area contributed by atoms with Crippen molar-refractivity contribution in [2.24, 2.45) is 11.8 Å². The average Bonchev–Trinajstić information content (AvgIpc) is 2.81. The summed E-state index contributed by atoms with van der Waals surface area (Å²) in [6.07, 6.45) is 3.85. The zero-order valence-corrected chi connectivity index (χ0v) is 13.5. The second-order valence-corrected chi connectivity index (χ2v) is 6.93. The van der Waals surface area contributed by atoms with Crippen LogP contribution in [-0.2, 0) is 0 Å². The second-order valence-electron chi connectivity index (χ2n) is 6.93. The van der Waals surface area contributed by atoms with Crippen molar-refractivity contribution in [3.05, 3.63) is 35.9 Å². The first kappa shape index (κ1) is 15.5. The van der Waals surface area contributed by atoms with Gasteiger partial charge in [0.25, 0.3) is 0 Å². The number of aliphatic hydroxyl groups excluding tert-OH is 1. The highest BCUT2D eigenvalue weighted by molar-refractivity contribution is 5.27. The van der Waals surface area contributed by atoms with Crippen LogP contribution < -0.4 is 0 Å². The van der Waals surface area contributed by atoms with Gasteiger partial charge in [0.05, 0.1) is 18.1 Å². The summed E-state index contributed by atoms with van der Waals surface area (Å²) in [5, 5.41) is 20.6. The Morgan fingerprint density at radius 1 is 1.32 bits per heavy atom. The molecule has 2 aliphatic heterocycles. The fourth-order valence-electron chi connectivity index (χ4n) is 4.80. The first-order valence-corrected chi connectivity index (χ1v) is 8.53. The lowest BCUT2D eigenvalue weighted by Gasteiger charge is -2.47. The Bertz CT molecular complexity index is 538. The molecule has 0 aliphatic carbocycles. The monoisotopic (exact) mass is 298 g/mol. The topological polar surface area (TPSA) is 47.3 Å². The number of hydrogen-bond acceptors (Lipinski definition) is 3. The molecule has 2 heterocycles. The van der Waals surface area contributed by atoms with Gasteiger partial charge in [-0.3, -0.25) is 4.90 Å². The highest BCUT2D eigenvalue weighted by atomic mass is 16.3. The molecule has 6 atom stereocenters. The van der Waals surface area contributed by atoms with Gasteiger partial charge in [0, 0.05) is 18.0 Å². The van der Waals surface area contributed by atoms with Crippen molar-refractivity contribution in [3.63, 3.8) is 0 Å². The van der Waals surface area contributed by atoms with E-state index in [9.17, 15) is 10.4 Å². The number of hydrogen-bond donors (Lipinski definition) is 1. The summed E-state index contributed by atoms with van der Waals surface area (Å²) in [7, 11) is 2.09. The van der Waals surface area contributed by atoms with E-state index in [1.807, 2.05) is 6.07 Å². The predicted molar refractivity (Wildman–Crippen MR) is 87.3 cm³/mol. The number of nitriles is 1. The average molecular weight is 298 g/mol. The molecule has 0 aromatic heterocycles. The summed E-state index contributed by atoms with van der Waals surface area (Å²) in [4.78, 5) is 2.29. The first-order valence-electron chi connectivity index (χ1n) is 8.53. The maximum Gasteiger partial charge on any atom is 0.0767 e. The Balaban J connectivity index is 1.98. The molecule has 0 spiro atoms. The number of fused-ring (bicyclic) bond motifs is 2. The minimum atomic E-state index is -0.371. The van der Waals surface area contributed by atoms with Gasteiger partial charge in [-0.1, -0.05) is 50.1 Å². The van der Waals surface area contributed by atoms with E-state index in [2.05, 4.69) is 49.2 Å². The molecule has 3 nitrogen and oxygen atoms in total. The summed E-state index contributed by atoms with van der Waals surface area (Å²) in [6, 6.07) is 13.3. The summed E-state index contributed by atoms with van der Waals surface area (Å²) in [5.41, 5.74) is 1.23. The molecule has 0 radical (unpaired) electrons. The second kappa shape index (κ2) is 6.40. The number of rotatable bonds is 4. The van der Waals surface area contributed by atoms with Gasteiger partial charge < -0.3 is 5.11 Å². The van der Waals surface area contributed by atoms with E-state index >= 15 is 0 Å². The van der Waals surface area contributed by atoms with Crippen molar-refractivity contribution in [2.45, 2.75) is 56.7 Å². The summed E-state index contributed by atoms with van der Waals surface area (Å²) < 4.78 is 0. The van der Waals surface area contributed by atoms with E-state index in [-0.39, 0.29) is 30.0 Å². The van der Waals surface area contributed by atoms with Gasteiger partial charge in [0.15, 0.2) is 0 Å². The van der Waals surface area contributed by atoms with Gasteiger partial charge >= 0.3 is 0 Å². The molecule has 3 heteroatoms. The van der Waals surface area contributed by atoms with Crippen molar-refractivity contribution in [1.82, 2.24) is 4.90 Å². The fraction of sp³-hybridized carbons (Fsp3) is 0.632. The van der Waals surface area contributed by atoms with Crippen LogP contribution in [0.3, 0.4) is 0 Å². The van der Waals surface area contributed by atoms with Crippen molar-refractivity contribution < 1.29 is 5.11 Å². The fourth-order valence-corrected chi connectivity index (χ4v) is 4.80. The minimum absolute atomic E-state index is 0.0558. The molecule has 22 heavy (non-hydrogen) atoms. The molecular weight excluding hydrogens is 272 g/mol. The van der Waals surface area contributed by atoms with Gasteiger partial charge in [-0.2, -0.15) is 5.26 Å². The third kappa shape index (κ3) is 2.45. The Labute approximate surface area is 133 Å². The highest BCUT2D eigenvalue weighted by Crippen LogP contribution is 2.50. The van der Waals surface area contributed by atoms with Crippen molar-refractivity contribution in [1.29, 1.82) is 5.26 Å². The predicted octanol–water partition coefficient (Wildman–Crippen LogP) is 3.16. The van der Waals surface area contributed by atoms with Gasteiger partial charge in [-0.15, -0.1) is 0 Å². The van der Waals surface area contributed by atoms with Crippen LogP contribution in [0.5, 0.6) is 0 Å². The smallest absolute Gasteiger partial charge is 0.0767 e. The molecule has 118 valence electrons. The van der Waals surface area contributed by atoms with Crippen LogP contribution in [0.2, 0.25) is 0 Å². The lowest BCUT2D eigenvalue weighted by atomic mass is 9.71. The van der Waals surface area contributed by atoms with E-state index in [0.29, 0.717) is 5.92 Å². The van der Waals surface area contributed by atoms with Crippen LogP contribution in [0.4, 0.5) is 0 Å². The molecule has 1 aromatic carbocycles. The van der Waals surface area contributed by atoms with Crippen LogP contribution in [-0.4, -0.2) is 35.2 Å². The highest BCUT2D eigenvalue weighted by Gasteiger charge is 2.55. The molecule has 0 amide bonds. The van der Waals surface area contributed by atoms with E-state index in [1.54, 1.807) is 0 Å². The minimum Gasteiger partial charge on any atom is -0.391 e. The molecule has 0 unspecified atom stereocenters. The molecule has 2 bridgehead atoms. The normalized spacial score (nSPS) is 37.9. The number of aliphatic hydroxyl groups is 1. The summed E-state index contributed by atoms with van der Waals surface area (Å²) >= 11 is 0. The van der Waals surface area contributed by atoms with Gasteiger partial charge in [0.2, 0.25) is 0 Å². The van der Waals surface area contributed by atoms with E-state index in [1.165, 1.54) is 5.56 Å². The lowest BCUT2D eigenvalue weighted by molar-refractivity contribution is -0.0275. The van der Waals surface area contributed by atoms with Crippen LogP contribution in [0.1, 0.15) is 44.1 Å². The van der Waals surface area contributed by atoms with Crippen molar-refractivity contribution >= 4 is 0 Å². The standard InChI is InChI=1S/C19H26N2O/c1-3-4-10-15-17(13-8-6-5-7-9-13)19(22)16-11-14(12-20)18(15)21(16)2/h5-9,14-19,22H,3-4,10-11H2,1-2H3/t14-,15-,16-,17-,18+,19-/m1/s1. The number of likely N-dealkylation sites (N-methyl/N-ethyl adjacent to an activating group) is 1. The number of nitrogens with zero attached hydrogens (tertiary/aromatic N) is 2. The van der Waals surface area contributed by atoms with Crippen LogP contribution in [0.25, 0.3) is 0 Å². The Kier molecular flexibility index (Phi) is 4.52. The number of benzene rings is 1. The zero-order valence-electron chi connectivity index (χ0n) is 13.5. The molecule has 1 aromatic rings. The van der Waals surface area contributed by atoms with Gasteiger partial charge in [-0.25, -0.2) is 0 Å². The number of unbranched alkanes of at least 4 members (excludes halogenated alkanes) is 1. The zero-order chi connectivity index (χ0) is 15.7. The maximum atomic E-state index is 11.0. The van der Waals surface area contributed by atoms with Crippen molar-refractivity contribution in [2.75, 3.05) is 7.05 Å². The van der Waals surface area contributed by atoms with E-state index < -0.39 is 0 Å². The van der Waals surface area contributed by atoms with E-state index in [4.69, 9.17) is 0 Å². The van der Waals surface area contributed by atoms with Crippen molar-refractivity contribution in [3.8, 4) is 6.07 Å². The molecular formula is C19H26N2O. The molecule has 2 fully saturated rings. The van der Waals surface area contributed by atoms with E-state index in [0.717, 1.165) is 25.7 Å². The molecule has 2 saturated heterocycles. The van der Waals surface area contributed by atoms with Crippen LogP contribution in [0, 0.1) is 23.2 Å². The quantitative estimate of drug-likeness (QED) is 0.929. The molecule has 1 N–H and O–H groups in total. The third-order valence-electron chi connectivity index (χ3n) is 5.80. The lowest BCUT2D eigenvalue weighted by Crippen LogP contribution is -2.54.